The molecule has 0 heterocycles. The van der Waals surface area contributed by atoms with Crippen LogP contribution in [-0.4, -0.2) is 28.9 Å². The van der Waals surface area contributed by atoms with E-state index < -0.39 is 38.5 Å². The maximum absolute atomic E-state index is 13.0. The van der Waals surface area contributed by atoms with Gasteiger partial charge in [-0.05, 0) is 54.1 Å². The summed E-state index contributed by atoms with van der Waals surface area (Å²) in [7, 11) is -8.20. The largest absolute Gasteiger partial charge is 0.379 e. The summed E-state index contributed by atoms with van der Waals surface area (Å²) in [6.45, 7) is 0. The first-order valence-electron chi connectivity index (χ1n) is 14.0. The van der Waals surface area contributed by atoms with Gasteiger partial charge >= 0.3 is 32.3 Å². The average Bonchev–Trinajstić information content (AvgIpc) is 3.05. The van der Waals surface area contributed by atoms with Crippen molar-refractivity contribution in [1.82, 2.24) is 10.6 Å². The van der Waals surface area contributed by atoms with E-state index in [1.807, 2.05) is 0 Å². The van der Waals surface area contributed by atoms with Gasteiger partial charge in [-0.1, -0.05) is 78.9 Å². The third-order valence-corrected chi connectivity index (χ3v) is 8.87. The molecule has 0 aliphatic heterocycles. The lowest BCUT2D eigenvalue weighted by Gasteiger charge is -2.21. The summed E-state index contributed by atoms with van der Waals surface area (Å²) in [5, 5.41) is 10.5. The molecule has 240 valence electrons. The summed E-state index contributed by atoms with van der Waals surface area (Å²) in [4.78, 5) is 26.0. The molecule has 0 radical (unpaired) electrons. The van der Waals surface area contributed by atoms with Gasteiger partial charge in [0.1, 0.15) is 27.5 Å². The number of urea groups is 2. The third-order valence-electron chi connectivity index (χ3n) is 6.34. The molecular weight excluding hydrogens is 645 g/mol. The molecule has 0 spiro atoms. The normalized spacial score (nSPS) is 11.3. The van der Waals surface area contributed by atoms with E-state index in [4.69, 9.17) is 8.37 Å². The Morgan fingerprint density at radius 1 is 0.489 bits per heavy atom. The summed E-state index contributed by atoms with van der Waals surface area (Å²) >= 11 is 0. The molecule has 0 saturated heterocycles. The molecule has 0 aliphatic rings. The molecule has 0 saturated carbocycles. The van der Waals surface area contributed by atoms with Crippen LogP contribution >= 0.6 is 0 Å². The Hall–Kier alpha value is -5.86. The van der Waals surface area contributed by atoms with Crippen LogP contribution in [0.15, 0.2) is 149 Å². The predicted octanol–water partition coefficient (Wildman–Crippen LogP) is 5.86. The lowest BCUT2D eigenvalue weighted by atomic mass is 10.2. The quantitative estimate of drug-likeness (QED) is 0.0999. The molecule has 0 aliphatic carbocycles. The highest BCUT2D eigenvalue weighted by molar-refractivity contribution is 7.87. The minimum atomic E-state index is -4.10. The van der Waals surface area contributed by atoms with E-state index in [2.05, 4.69) is 21.3 Å². The van der Waals surface area contributed by atoms with Crippen molar-refractivity contribution in [3.05, 3.63) is 145 Å². The number of hydrogen-bond donors (Lipinski definition) is 4. The Bertz CT molecular complexity index is 1930. The Labute approximate surface area is 271 Å². The smallest absolute Gasteiger partial charge is 0.339 e. The van der Waals surface area contributed by atoms with Crippen molar-refractivity contribution in [2.24, 2.45) is 0 Å². The zero-order valence-electron chi connectivity index (χ0n) is 24.4. The molecular formula is C33H28N4O8S2. The van der Waals surface area contributed by atoms with E-state index >= 15 is 0 Å². The lowest BCUT2D eigenvalue weighted by molar-refractivity contribution is 0.238. The molecule has 0 aromatic heterocycles. The van der Waals surface area contributed by atoms with Gasteiger partial charge in [-0.25, -0.2) is 9.59 Å². The minimum Gasteiger partial charge on any atom is -0.379 e. The molecule has 5 aromatic carbocycles. The average molecular weight is 673 g/mol. The molecule has 4 amide bonds. The molecule has 0 atom stereocenters. The van der Waals surface area contributed by atoms with Crippen LogP contribution in [0.25, 0.3) is 0 Å². The van der Waals surface area contributed by atoms with Gasteiger partial charge in [0.25, 0.3) is 0 Å². The third kappa shape index (κ3) is 9.09. The van der Waals surface area contributed by atoms with Crippen LogP contribution in [0.5, 0.6) is 11.5 Å². The molecule has 5 aromatic rings. The van der Waals surface area contributed by atoms with Crippen LogP contribution in [0.1, 0.15) is 11.7 Å². The lowest BCUT2D eigenvalue weighted by Crippen LogP contribution is -2.44. The van der Waals surface area contributed by atoms with Crippen molar-refractivity contribution >= 4 is 43.7 Å². The van der Waals surface area contributed by atoms with Gasteiger partial charge in [0.15, 0.2) is 0 Å². The van der Waals surface area contributed by atoms with E-state index in [0.29, 0.717) is 5.56 Å². The van der Waals surface area contributed by atoms with E-state index in [-0.39, 0.29) is 32.7 Å². The van der Waals surface area contributed by atoms with Gasteiger partial charge in [-0.2, -0.15) is 16.8 Å². The first-order valence-corrected chi connectivity index (χ1v) is 16.8. The number of amides is 4. The fraction of sp³-hybridized carbons (Fsp3) is 0.0303. The molecule has 0 bridgehead atoms. The van der Waals surface area contributed by atoms with E-state index in [1.165, 1.54) is 72.8 Å². The maximum Gasteiger partial charge on any atom is 0.339 e. The Morgan fingerprint density at radius 3 is 1.28 bits per heavy atom. The number of benzene rings is 5. The predicted molar refractivity (Wildman–Crippen MR) is 175 cm³/mol. The molecule has 0 fully saturated rings. The highest BCUT2D eigenvalue weighted by Crippen LogP contribution is 2.24. The number of nitrogens with one attached hydrogen (secondary N) is 4. The van der Waals surface area contributed by atoms with Crippen LogP contribution in [0.3, 0.4) is 0 Å². The summed E-state index contributed by atoms with van der Waals surface area (Å²) in [5.41, 5.74) is 0.985. The standard InChI is InChI=1S/C33H28N4O8S2/c38-32(34-25-14-10-16-27(22-25)44-46(40,41)29-18-6-2-7-19-29)36-31(24-12-4-1-5-13-24)37-33(39)35-26-15-11-17-28(23-26)45-47(42,43)30-20-8-3-9-21-30/h1-23,31H,(H2,34,36,38)(H2,35,37,39). The van der Waals surface area contributed by atoms with E-state index in [9.17, 15) is 26.4 Å². The maximum atomic E-state index is 13.0. The van der Waals surface area contributed by atoms with E-state index in [0.717, 1.165) is 0 Å². The zero-order chi connectivity index (χ0) is 33.3. The first-order chi connectivity index (χ1) is 22.6. The van der Waals surface area contributed by atoms with Crippen molar-refractivity contribution in [3.63, 3.8) is 0 Å². The van der Waals surface area contributed by atoms with Crippen LogP contribution in [-0.2, 0) is 20.2 Å². The van der Waals surface area contributed by atoms with Crippen LogP contribution in [0.4, 0.5) is 21.0 Å². The zero-order valence-corrected chi connectivity index (χ0v) is 26.1. The minimum absolute atomic E-state index is 0.0217. The number of rotatable bonds is 11. The summed E-state index contributed by atoms with van der Waals surface area (Å²) < 4.78 is 60.9. The van der Waals surface area contributed by atoms with Crippen molar-refractivity contribution in [1.29, 1.82) is 0 Å². The molecule has 4 N–H and O–H groups in total. The Balaban J connectivity index is 1.24. The summed E-state index contributed by atoms with van der Waals surface area (Å²) in [5.74, 6) is -0.0434. The second-order valence-corrected chi connectivity index (χ2v) is 12.9. The molecule has 5 rings (SSSR count). The molecule has 47 heavy (non-hydrogen) atoms. The topological polar surface area (TPSA) is 169 Å². The fourth-order valence-corrected chi connectivity index (χ4v) is 6.11. The van der Waals surface area contributed by atoms with Gasteiger partial charge in [-0.15, -0.1) is 0 Å². The molecule has 12 nitrogen and oxygen atoms in total. The fourth-order valence-electron chi connectivity index (χ4n) is 4.22. The van der Waals surface area contributed by atoms with Crippen LogP contribution < -0.4 is 29.6 Å². The molecule has 14 heteroatoms. The van der Waals surface area contributed by atoms with Crippen molar-refractivity contribution in [2.75, 3.05) is 10.6 Å². The van der Waals surface area contributed by atoms with Crippen molar-refractivity contribution in [2.45, 2.75) is 16.0 Å². The second kappa shape index (κ2) is 14.5. The summed E-state index contributed by atoms with van der Waals surface area (Å²) in [6, 6.07) is 34.0. The van der Waals surface area contributed by atoms with Crippen molar-refractivity contribution in [3.8, 4) is 11.5 Å². The van der Waals surface area contributed by atoms with Crippen molar-refractivity contribution < 1.29 is 34.8 Å². The first kappa shape index (κ1) is 32.5. The summed E-state index contributed by atoms with van der Waals surface area (Å²) in [6.07, 6.45) is -1.02. The number of hydrogen-bond acceptors (Lipinski definition) is 8. The van der Waals surface area contributed by atoms with Gasteiger partial charge in [-0.3, -0.25) is 0 Å². The number of carbonyl (C=O) groups excluding carboxylic acids is 2. The number of carbonyl (C=O) groups is 2. The van der Waals surface area contributed by atoms with Gasteiger partial charge in [0, 0.05) is 23.5 Å². The Kier molecular flexibility index (Phi) is 10.0. The number of anilines is 2. The molecule has 0 unspecified atom stereocenters. The highest BCUT2D eigenvalue weighted by Gasteiger charge is 2.20. The van der Waals surface area contributed by atoms with Crippen LogP contribution in [0, 0.1) is 0 Å². The van der Waals surface area contributed by atoms with Gasteiger partial charge < -0.3 is 29.6 Å². The van der Waals surface area contributed by atoms with Gasteiger partial charge in [0.2, 0.25) is 0 Å². The second-order valence-electron chi connectivity index (χ2n) is 9.80. The SMILES string of the molecule is O=C(Nc1cccc(OS(=O)(=O)c2ccccc2)c1)NC(NC(=O)Nc1cccc(OS(=O)(=O)c2ccccc2)c1)c1ccccc1. The monoisotopic (exact) mass is 672 g/mol. The van der Waals surface area contributed by atoms with E-state index in [1.54, 1.807) is 66.7 Å². The van der Waals surface area contributed by atoms with Crippen LogP contribution in [0.2, 0.25) is 0 Å². The van der Waals surface area contributed by atoms with Gasteiger partial charge in [0.05, 0.1) is 0 Å². The highest BCUT2D eigenvalue weighted by atomic mass is 32.2. The Morgan fingerprint density at radius 2 is 0.872 bits per heavy atom.